The van der Waals surface area contributed by atoms with Crippen LogP contribution in [0.5, 0.6) is 0 Å². The molecule has 0 unspecified atom stereocenters. The standard InChI is InChI=1S/C22H31N3O5/c1-13-10-16(18-15(17(13)23)11-14(2)29-18)19(26)24-12-22(28)6-8-25(9-7-22)20(27)30-21(3,4)5/h10-11,28H,6-9,12,23H2,1-5H3,(H,24,26). The van der Waals surface area contributed by atoms with E-state index in [0.29, 0.717) is 53.9 Å². The largest absolute Gasteiger partial charge is 0.460 e. The van der Waals surface area contributed by atoms with Crippen LogP contribution in [0.25, 0.3) is 11.0 Å². The van der Waals surface area contributed by atoms with Crippen LogP contribution in [0, 0.1) is 13.8 Å². The molecular weight excluding hydrogens is 386 g/mol. The molecule has 0 aliphatic carbocycles. The number of nitrogens with zero attached hydrogens (tertiary/aromatic N) is 1. The van der Waals surface area contributed by atoms with Gasteiger partial charge in [0.15, 0.2) is 0 Å². The molecule has 2 heterocycles. The monoisotopic (exact) mass is 417 g/mol. The summed E-state index contributed by atoms with van der Waals surface area (Å²) in [6, 6.07) is 3.51. The molecule has 164 valence electrons. The van der Waals surface area contributed by atoms with Gasteiger partial charge in [-0.3, -0.25) is 4.79 Å². The summed E-state index contributed by atoms with van der Waals surface area (Å²) < 4.78 is 11.1. The number of anilines is 1. The van der Waals surface area contributed by atoms with Crippen molar-refractivity contribution in [2.45, 2.75) is 58.7 Å². The Balaban J connectivity index is 1.64. The van der Waals surface area contributed by atoms with Crippen molar-refractivity contribution in [1.82, 2.24) is 10.2 Å². The van der Waals surface area contributed by atoms with Crippen LogP contribution in [-0.2, 0) is 4.74 Å². The van der Waals surface area contributed by atoms with Crippen molar-refractivity contribution < 1.29 is 23.8 Å². The minimum atomic E-state index is -1.09. The van der Waals surface area contributed by atoms with E-state index in [1.807, 2.05) is 33.8 Å². The summed E-state index contributed by atoms with van der Waals surface area (Å²) in [7, 11) is 0. The van der Waals surface area contributed by atoms with Crippen LogP contribution >= 0.6 is 0 Å². The Bertz CT molecular complexity index is 965. The zero-order valence-corrected chi connectivity index (χ0v) is 18.3. The number of ether oxygens (including phenoxy) is 1. The van der Waals surface area contributed by atoms with Gasteiger partial charge in [0, 0.05) is 30.7 Å². The zero-order valence-electron chi connectivity index (χ0n) is 18.3. The SMILES string of the molecule is Cc1cc2c(N)c(C)cc(C(=O)NCC3(O)CCN(C(=O)OC(C)(C)C)CC3)c2o1. The second-order valence-electron chi connectivity index (χ2n) is 9.13. The Labute approximate surface area is 176 Å². The number of likely N-dealkylation sites (tertiary alicyclic amines) is 1. The lowest BCUT2D eigenvalue weighted by molar-refractivity contribution is -0.0303. The maximum absolute atomic E-state index is 12.8. The molecule has 0 radical (unpaired) electrons. The highest BCUT2D eigenvalue weighted by Crippen LogP contribution is 2.31. The van der Waals surface area contributed by atoms with E-state index in [2.05, 4.69) is 5.32 Å². The van der Waals surface area contributed by atoms with Gasteiger partial charge in [0.25, 0.3) is 5.91 Å². The predicted molar refractivity (Wildman–Crippen MR) is 114 cm³/mol. The molecule has 8 heteroatoms. The van der Waals surface area contributed by atoms with Gasteiger partial charge in [-0.25, -0.2) is 4.79 Å². The van der Waals surface area contributed by atoms with Gasteiger partial charge in [0.2, 0.25) is 0 Å². The summed E-state index contributed by atoms with van der Waals surface area (Å²) >= 11 is 0. The predicted octanol–water partition coefficient (Wildman–Crippen LogP) is 3.12. The van der Waals surface area contributed by atoms with Gasteiger partial charge >= 0.3 is 6.09 Å². The first-order chi connectivity index (χ1) is 13.9. The number of aryl methyl sites for hydroxylation is 2. The van der Waals surface area contributed by atoms with Gasteiger partial charge in [-0.2, -0.15) is 0 Å². The van der Waals surface area contributed by atoms with Gasteiger partial charge in [0.1, 0.15) is 16.9 Å². The molecule has 2 amide bonds. The molecule has 1 aromatic carbocycles. The molecule has 0 spiro atoms. The number of carbonyl (C=O) groups is 2. The molecule has 1 aliphatic heterocycles. The molecule has 8 nitrogen and oxygen atoms in total. The van der Waals surface area contributed by atoms with Gasteiger partial charge in [0.05, 0.1) is 11.2 Å². The molecule has 1 aromatic heterocycles. The molecule has 0 atom stereocenters. The molecule has 2 aromatic rings. The second-order valence-corrected chi connectivity index (χ2v) is 9.13. The maximum atomic E-state index is 12.8. The van der Waals surface area contributed by atoms with Crippen molar-refractivity contribution in [2.24, 2.45) is 0 Å². The van der Waals surface area contributed by atoms with E-state index in [-0.39, 0.29) is 18.5 Å². The van der Waals surface area contributed by atoms with Gasteiger partial charge in [-0.1, -0.05) is 0 Å². The highest BCUT2D eigenvalue weighted by molar-refractivity contribution is 6.08. The number of nitrogen functional groups attached to an aromatic ring is 1. The van der Waals surface area contributed by atoms with Gasteiger partial charge in [-0.05, 0) is 65.2 Å². The highest BCUT2D eigenvalue weighted by Gasteiger charge is 2.36. The third kappa shape index (κ3) is 4.70. The molecule has 1 aliphatic rings. The second kappa shape index (κ2) is 7.83. The molecule has 1 fully saturated rings. The van der Waals surface area contributed by atoms with E-state index in [0.717, 1.165) is 5.56 Å². The van der Waals surface area contributed by atoms with E-state index >= 15 is 0 Å². The first-order valence-electron chi connectivity index (χ1n) is 10.2. The minimum Gasteiger partial charge on any atom is -0.460 e. The van der Waals surface area contributed by atoms with Crippen molar-refractivity contribution >= 4 is 28.7 Å². The number of aliphatic hydroxyl groups is 1. The maximum Gasteiger partial charge on any atom is 0.410 e. The molecular formula is C22H31N3O5. The lowest BCUT2D eigenvalue weighted by atomic mass is 9.91. The van der Waals surface area contributed by atoms with E-state index in [9.17, 15) is 14.7 Å². The molecule has 4 N–H and O–H groups in total. The van der Waals surface area contributed by atoms with Crippen LogP contribution < -0.4 is 11.1 Å². The normalized spacial score (nSPS) is 16.5. The molecule has 1 saturated heterocycles. The quantitative estimate of drug-likeness (QED) is 0.661. The summed E-state index contributed by atoms with van der Waals surface area (Å²) in [5.41, 5.74) is 6.67. The van der Waals surface area contributed by atoms with Crippen LogP contribution in [0.2, 0.25) is 0 Å². The van der Waals surface area contributed by atoms with E-state index in [1.165, 1.54) is 0 Å². The number of piperidine rings is 1. The number of benzene rings is 1. The smallest absolute Gasteiger partial charge is 0.410 e. The number of furan rings is 1. The summed E-state index contributed by atoms with van der Waals surface area (Å²) in [6.45, 7) is 9.91. The first-order valence-corrected chi connectivity index (χ1v) is 10.2. The minimum absolute atomic E-state index is 0.0819. The third-order valence-electron chi connectivity index (χ3n) is 5.34. The van der Waals surface area contributed by atoms with Crippen LogP contribution in [-0.4, -0.2) is 52.8 Å². The number of rotatable bonds is 3. The average Bonchev–Trinajstić information content (AvgIpc) is 3.04. The number of fused-ring (bicyclic) bond motifs is 1. The number of amides is 2. The number of nitrogens with one attached hydrogen (secondary N) is 1. The molecule has 0 bridgehead atoms. The molecule has 3 rings (SSSR count). The van der Waals surface area contributed by atoms with Crippen LogP contribution in [0.4, 0.5) is 10.5 Å². The van der Waals surface area contributed by atoms with Crippen LogP contribution in [0.3, 0.4) is 0 Å². The van der Waals surface area contributed by atoms with Crippen molar-refractivity contribution in [2.75, 3.05) is 25.4 Å². The van der Waals surface area contributed by atoms with Crippen LogP contribution in [0.1, 0.15) is 55.3 Å². The molecule has 0 saturated carbocycles. The van der Waals surface area contributed by atoms with Gasteiger partial charge < -0.3 is 30.2 Å². The summed E-state index contributed by atoms with van der Waals surface area (Å²) in [5, 5.41) is 14.4. The fraction of sp³-hybridized carbons (Fsp3) is 0.545. The van der Waals surface area contributed by atoms with Crippen molar-refractivity contribution in [3.63, 3.8) is 0 Å². The van der Waals surface area contributed by atoms with E-state index < -0.39 is 11.2 Å². The zero-order chi connectivity index (χ0) is 22.3. The number of hydrogen-bond acceptors (Lipinski definition) is 6. The van der Waals surface area contributed by atoms with Crippen molar-refractivity contribution in [3.8, 4) is 0 Å². The van der Waals surface area contributed by atoms with E-state index in [1.54, 1.807) is 17.9 Å². The fourth-order valence-corrected chi connectivity index (χ4v) is 3.60. The third-order valence-corrected chi connectivity index (χ3v) is 5.34. The lowest BCUT2D eigenvalue weighted by Gasteiger charge is -2.38. The number of carbonyl (C=O) groups excluding carboxylic acids is 2. The van der Waals surface area contributed by atoms with Gasteiger partial charge in [-0.15, -0.1) is 0 Å². The highest BCUT2D eigenvalue weighted by atomic mass is 16.6. The Morgan fingerprint density at radius 3 is 2.50 bits per heavy atom. The number of nitrogens with two attached hydrogens (primary N) is 1. The summed E-state index contributed by atoms with van der Waals surface area (Å²) in [4.78, 5) is 26.6. The van der Waals surface area contributed by atoms with E-state index in [4.69, 9.17) is 14.9 Å². The van der Waals surface area contributed by atoms with Crippen molar-refractivity contribution in [1.29, 1.82) is 0 Å². The Hall–Kier alpha value is -2.74. The van der Waals surface area contributed by atoms with Crippen LogP contribution in [0.15, 0.2) is 16.5 Å². The Morgan fingerprint density at radius 2 is 1.90 bits per heavy atom. The van der Waals surface area contributed by atoms with Crippen molar-refractivity contribution in [3.05, 3.63) is 29.0 Å². The first kappa shape index (κ1) is 22.0. The topological polar surface area (TPSA) is 118 Å². The summed E-state index contributed by atoms with van der Waals surface area (Å²) in [6.07, 6.45) is 0.312. The summed E-state index contributed by atoms with van der Waals surface area (Å²) in [5.74, 6) is 0.338. The molecule has 30 heavy (non-hydrogen) atoms. The Morgan fingerprint density at radius 1 is 1.27 bits per heavy atom. The number of hydrogen-bond donors (Lipinski definition) is 3. The lowest BCUT2D eigenvalue weighted by Crippen LogP contribution is -2.52. The fourth-order valence-electron chi connectivity index (χ4n) is 3.60. The Kier molecular flexibility index (Phi) is 5.73. The average molecular weight is 418 g/mol.